The van der Waals surface area contributed by atoms with Gasteiger partial charge in [-0.2, -0.15) is 17.9 Å². The molecule has 1 aliphatic rings. The highest BCUT2D eigenvalue weighted by Gasteiger charge is 2.46. The van der Waals surface area contributed by atoms with Crippen LogP contribution in [0.15, 0.2) is 17.0 Å². The third-order valence-corrected chi connectivity index (χ3v) is 8.86. The zero-order valence-electron chi connectivity index (χ0n) is 22.8. The molecule has 2 aromatic rings. The van der Waals surface area contributed by atoms with Gasteiger partial charge >= 0.3 is 6.18 Å². The number of thiazole rings is 1. The molecule has 3 N–H and O–H groups in total. The van der Waals surface area contributed by atoms with Gasteiger partial charge in [0.1, 0.15) is 16.6 Å². The van der Waals surface area contributed by atoms with E-state index in [0.717, 1.165) is 4.72 Å². The standard InChI is InChI=1S/C24H26F8N4O5S2/c1-10-7-23(28,29)9-36(10)21(38)16-17(42-20(34-16)19(37)33-8-22(3,4)39)12-5-6-13(15(25)14(12)18(26)27)43(40,41)35-11(2)24(30,31)32/h5-6,10-11,18,35,39H,7-9H2,1-4H3,(H,33,37)/t10-,11-/m0/s1. The summed E-state index contributed by atoms with van der Waals surface area (Å²) >= 11 is 0.274. The first-order valence-corrected chi connectivity index (χ1v) is 14.7. The average molecular weight is 667 g/mol. The number of carbonyl (C=O) groups is 2. The van der Waals surface area contributed by atoms with Crippen LogP contribution in [-0.2, 0) is 10.0 Å². The Hall–Kier alpha value is -2.90. The smallest absolute Gasteiger partial charge is 0.389 e. The number of carbonyl (C=O) groups excluding carboxylic acids is 2. The Morgan fingerprint density at radius 3 is 2.33 bits per heavy atom. The van der Waals surface area contributed by atoms with E-state index >= 15 is 4.39 Å². The van der Waals surface area contributed by atoms with Crippen molar-refractivity contribution in [2.75, 3.05) is 13.1 Å². The number of nitrogens with one attached hydrogen (secondary N) is 2. The van der Waals surface area contributed by atoms with Gasteiger partial charge in [0.05, 0.1) is 22.6 Å². The van der Waals surface area contributed by atoms with E-state index in [0.29, 0.717) is 24.0 Å². The van der Waals surface area contributed by atoms with Gasteiger partial charge in [-0.05, 0) is 33.8 Å². The number of amides is 2. The zero-order valence-corrected chi connectivity index (χ0v) is 24.5. The SMILES string of the molecule is C[C@H](NS(=O)(=O)c1ccc(-c2sc(C(=O)NCC(C)(C)O)nc2C(=O)N2CC(F)(F)C[C@@H]2C)c(C(F)F)c1F)C(F)(F)F. The predicted octanol–water partition coefficient (Wildman–Crippen LogP) is 4.49. The molecule has 3 rings (SSSR count). The van der Waals surface area contributed by atoms with Crippen molar-refractivity contribution in [2.24, 2.45) is 0 Å². The average Bonchev–Trinajstić information content (AvgIpc) is 3.40. The first kappa shape index (κ1) is 34.6. The number of halogens is 8. The summed E-state index contributed by atoms with van der Waals surface area (Å²) in [6.45, 7) is 2.93. The van der Waals surface area contributed by atoms with Crippen LogP contribution >= 0.6 is 11.3 Å². The van der Waals surface area contributed by atoms with Crippen molar-refractivity contribution >= 4 is 33.2 Å². The van der Waals surface area contributed by atoms with Gasteiger partial charge in [-0.3, -0.25) is 9.59 Å². The Balaban J connectivity index is 2.20. The van der Waals surface area contributed by atoms with Crippen molar-refractivity contribution in [3.8, 4) is 10.4 Å². The van der Waals surface area contributed by atoms with Crippen molar-refractivity contribution in [1.29, 1.82) is 0 Å². The molecule has 1 aromatic carbocycles. The monoisotopic (exact) mass is 666 g/mol. The van der Waals surface area contributed by atoms with Crippen LogP contribution in [0.2, 0.25) is 0 Å². The molecule has 1 aliphatic heterocycles. The van der Waals surface area contributed by atoms with E-state index in [-0.39, 0.29) is 17.9 Å². The number of likely N-dealkylation sites (tertiary alicyclic amines) is 1. The molecule has 0 radical (unpaired) electrons. The van der Waals surface area contributed by atoms with Gasteiger partial charge in [0, 0.05) is 24.6 Å². The minimum absolute atomic E-state index is 0.274. The van der Waals surface area contributed by atoms with Gasteiger partial charge in [0.25, 0.3) is 24.2 Å². The Morgan fingerprint density at radius 2 is 1.84 bits per heavy atom. The van der Waals surface area contributed by atoms with Crippen LogP contribution in [0.4, 0.5) is 35.1 Å². The highest BCUT2D eigenvalue weighted by atomic mass is 32.2. The summed E-state index contributed by atoms with van der Waals surface area (Å²) in [5.41, 5.74) is -4.72. The van der Waals surface area contributed by atoms with Crippen LogP contribution in [0.1, 0.15) is 66.4 Å². The maximum Gasteiger partial charge on any atom is 0.404 e. The van der Waals surface area contributed by atoms with Crippen LogP contribution in [-0.4, -0.2) is 78.1 Å². The maximum atomic E-state index is 15.4. The molecule has 9 nitrogen and oxygen atoms in total. The van der Waals surface area contributed by atoms with Gasteiger partial charge in [-0.1, -0.05) is 6.07 Å². The molecule has 0 saturated carbocycles. The minimum Gasteiger partial charge on any atom is -0.389 e. The number of sulfonamides is 1. The number of nitrogens with zero attached hydrogens (tertiary/aromatic N) is 2. The van der Waals surface area contributed by atoms with Gasteiger partial charge in [-0.15, -0.1) is 11.3 Å². The van der Waals surface area contributed by atoms with E-state index in [2.05, 4.69) is 10.3 Å². The molecule has 240 valence electrons. The van der Waals surface area contributed by atoms with E-state index < -0.39 is 108 Å². The molecular weight excluding hydrogens is 640 g/mol. The molecule has 0 spiro atoms. The van der Waals surface area contributed by atoms with E-state index in [1.807, 2.05) is 0 Å². The summed E-state index contributed by atoms with van der Waals surface area (Å²) in [5, 5.41) is 11.6. The normalized spacial score (nSPS) is 18.3. The number of hydrogen-bond donors (Lipinski definition) is 3. The lowest BCUT2D eigenvalue weighted by Gasteiger charge is -2.21. The molecular formula is C24H26F8N4O5S2. The molecule has 0 unspecified atom stereocenters. The fourth-order valence-corrected chi connectivity index (χ4v) is 6.42. The van der Waals surface area contributed by atoms with Crippen LogP contribution in [0, 0.1) is 5.82 Å². The molecule has 43 heavy (non-hydrogen) atoms. The predicted molar refractivity (Wildman–Crippen MR) is 137 cm³/mol. The van der Waals surface area contributed by atoms with Crippen LogP contribution in [0.25, 0.3) is 10.4 Å². The zero-order chi connectivity index (χ0) is 32.9. The van der Waals surface area contributed by atoms with Gasteiger partial charge < -0.3 is 15.3 Å². The Morgan fingerprint density at radius 1 is 1.23 bits per heavy atom. The molecule has 2 atom stereocenters. The summed E-state index contributed by atoms with van der Waals surface area (Å²) in [6.07, 6.45) is -9.65. The minimum atomic E-state index is -5.35. The number of hydrogen-bond acceptors (Lipinski definition) is 7. The fourth-order valence-electron chi connectivity index (χ4n) is 4.09. The second kappa shape index (κ2) is 11.9. The molecule has 1 saturated heterocycles. The van der Waals surface area contributed by atoms with E-state index in [1.165, 1.54) is 20.8 Å². The van der Waals surface area contributed by atoms with E-state index in [1.54, 1.807) is 0 Å². The third kappa shape index (κ3) is 7.79. The number of aliphatic hydroxyl groups is 1. The fraction of sp³-hybridized carbons (Fsp3) is 0.542. The summed E-state index contributed by atoms with van der Waals surface area (Å²) in [5.74, 6) is -7.70. The summed E-state index contributed by atoms with van der Waals surface area (Å²) in [6, 6.07) is -2.81. The molecule has 0 bridgehead atoms. The van der Waals surface area contributed by atoms with Crippen molar-refractivity contribution < 1.29 is 58.2 Å². The lowest BCUT2D eigenvalue weighted by molar-refractivity contribution is -0.147. The van der Waals surface area contributed by atoms with Crippen LogP contribution < -0.4 is 10.0 Å². The van der Waals surface area contributed by atoms with Gasteiger partial charge in [-0.25, -0.2) is 35.4 Å². The molecule has 2 heterocycles. The highest BCUT2D eigenvalue weighted by Crippen LogP contribution is 2.42. The third-order valence-electron chi connectivity index (χ3n) is 6.21. The van der Waals surface area contributed by atoms with Crippen molar-refractivity contribution in [2.45, 2.75) is 75.2 Å². The first-order chi connectivity index (χ1) is 19.4. The lowest BCUT2D eigenvalue weighted by Crippen LogP contribution is -2.43. The molecule has 19 heteroatoms. The second-order valence-electron chi connectivity index (χ2n) is 10.6. The maximum absolute atomic E-state index is 15.4. The quantitative estimate of drug-likeness (QED) is 0.339. The first-order valence-electron chi connectivity index (χ1n) is 12.4. The highest BCUT2D eigenvalue weighted by molar-refractivity contribution is 7.89. The van der Waals surface area contributed by atoms with Gasteiger partial charge in [0.2, 0.25) is 10.0 Å². The topological polar surface area (TPSA) is 129 Å². The number of aromatic nitrogens is 1. The summed E-state index contributed by atoms with van der Waals surface area (Å²) in [4.78, 5) is 28.5. The van der Waals surface area contributed by atoms with Crippen molar-refractivity contribution in [3.63, 3.8) is 0 Å². The summed E-state index contributed by atoms with van der Waals surface area (Å²) in [7, 11) is -5.35. The van der Waals surface area contributed by atoms with Crippen molar-refractivity contribution in [3.05, 3.63) is 34.2 Å². The molecule has 0 aliphatic carbocycles. The lowest BCUT2D eigenvalue weighted by atomic mass is 10.0. The number of alkyl halides is 7. The van der Waals surface area contributed by atoms with Gasteiger partial charge in [0.15, 0.2) is 10.8 Å². The van der Waals surface area contributed by atoms with Crippen LogP contribution in [0.3, 0.4) is 0 Å². The second-order valence-corrected chi connectivity index (χ2v) is 13.2. The summed E-state index contributed by atoms with van der Waals surface area (Å²) < 4.78 is 137. The number of rotatable bonds is 9. The van der Waals surface area contributed by atoms with Crippen LogP contribution in [0.5, 0.6) is 0 Å². The number of benzene rings is 1. The Bertz CT molecular complexity index is 1510. The molecule has 1 fully saturated rings. The molecule has 1 aromatic heterocycles. The molecule has 2 amide bonds. The van der Waals surface area contributed by atoms with E-state index in [9.17, 15) is 53.8 Å². The van der Waals surface area contributed by atoms with E-state index in [4.69, 9.17) is 0 Å². The Labute approximate surface area is 244 Å². The van der Waals surface area contributed by atoms with Crippen molar-refractivity contribution in [1.82, 2.24) is 19.9 Å². The largest absolute Gasteiger partial charge is 0.404 e. The Kier molecular flexibility index (Phi) is 9.56.